The van der Waals surface area contributed by atoms with Crippen LogP contribution in [0.2, 0.25) is 0 Å². The number of aliphatic carboxylic acids is 1. The molecule has 1 fully saturated rings. The van der Waals surface area contributed by atoms with Crippen LogP contribution in [0.1, 0.15) is 55.7 Å². The van der Waals surface area contributed by atoms with Gasteiger partial charge < -0.3 is 9.67 Å². The minimum absolute atomic E-state index is 0.236. The Morgan fingerprint density at radius 1 is 1.30 bits per heavy atom. The summed E-state index contributed by atoms with van der Waals surface area (Å²) in [7, 11) is 2.10. The molecule has 3 rings (SSSR count). The summed E-state index contributed by atoms with van der Waals surface area (Å²) >= 11 is 0. The van der Waals surface area contributed by atoms with E-state index in [1.165, 1.54) is 43.6 Å². The van der Waals surface area contributed by atoms with E-state index < -0.39 is 5.97 Å². The van der Waals surface area contributed by atoms with Crippen LogP contribution >= 0.6 is 0 Å². The molecule has 1 N–H and O–H groups in total. The highest BCUT2D eigenvalue weighted by atomic mass is 16.4. The molecule has 1 unspecified atom stereocenters. The summed E-state index contributed by atoms with van der Waals surface area (Å²) in [5, 5.41) is 9.17. The molecule has 2 aliphatic rings. The van der Waals surface area contributed by atoms with E-state index >= 15 is 0 Å². The van der Waals surface area contributed by atoms with Crippen molar-refractivity contribution >= 4 is 5.97 Å². The predicted octanol–water partition coefficient (Wildman–Crippen LogP) is 2.73. The average Bonchev–Trinajstić information content (AvgIpc) is 2.76. The van der Waals surface area contributed by atoms with Gasteiger partial charge in [0.25, 0.3) is 0 Å². The van der Waals surface area contributed by atoms with Crippen LogP contribution in [0, 0.1) is 11.8 Å². The lowest BCUT2D eigenvalue weighted by atomic mass is 9.87. The highest BCUT2D eigenvalue weighted by Crippen LogP contribution is 2.30. The summed E-state index contributed by atoms with van der Waals surface area (Å²) in [6, 6.07) is 0. The topological polar surface area (TPSA) is 55.1 Å². The van der Waals surface area contributed by atoms with Crippen LogP contribution in [-0.2, 0) is 31.1 Å². The lowest BCUT2D eigenvalue weighted by molar-refractivity contribution is -0.142. The average molecular weight is 276 g/mol. The monoisotopic (exact) mass is 276 g/mol. The fraction of sp³-hybridized carbons (Fsp3) is 0.750. The van der Waals surface area contributed by atoms with E-state index in [-0.39, 0.29) is 5.92 Å². The van der Waals surface area contributed by atoms with Gasteiger partial charge in [-0.15, -0.1) is 0 Å². The molecular formula is C16H24N2O2. The van der Waals surface area contributed by atoms with Gasteiger partial charge in [0.15, 0.2) is 0 Å². The first-order valence-electron chi connectivity index (χ1n) is 7.91. The molecule has 4 nitrogen and oxygen atoms in total. The smallest absolute Gasteiger partial charge is 0.306 e. The van der Waals surface area contributed by atoms with Gasteiger partial charge in [0.1, 0.15) is 5.82 Å². The minimum atomic E-state index is -0.671. The molecule has 1 atom stereocenters. The van der Waals surface area contributed by atoms with Crippen molar-refractivity contribution in [1.82, 2.24) is 9.55 Å². The first-order chi connectivity index (χ1) is 9.65. The van der Waals surface area contributed by atoms with Crippen LogP contribution in [0.3, 0.4) is 0 Å². The Morgan fingerprint density at radius 3 is 2.75 bits per heavy atom. The molecule has 0 saturated heterocycles. The van der Waals surface area contributed by atoms with E-state index in [9.17, 15) is 4.79 Å². The van der Waals surface area contributed by atoms with Crippen molar-refractivity contribution in [3.05, 3.63) is 17.2 Å². The largest absolute Gasteiger partial charge is 0.481 e. The normalized spacial score (nSPS) is 23.6. The third-order valence-electron chi connectivity index (χ3n) is 5.10. The summed E-state index contributed by atoms with van der Waals surface area (Å²) in [6.07, 6.45) is 10.1. The van der Waals surface area contributed by atoms with Crippen LogP contribution < -0.4 is 0 Å². The van der Waals surface area contributed by atoms with Gasteiger partial charge in [0, 0.05) is 25.6 Å². The molecule has 1 aromatic heterocycles. The van der Waals surface area contributed by atoms with Gasteiger partial charge in [-0.2, -0.15) is 0 Å². The molecule has 0 amide bonds. The maximum Gasteiger partial charge on any atom is 0.306 e. The Bertz CT molecular complexity index is 501. The molecule has 0 spiro atoms. The van der Waals surface area contributed by atoms with E-state index in [0.29, 0.717) is 6.42 Å². The van der Waals surface area contributed by atoms with Crippen molar-refractivity contribution in [2.75, 3.05) is 0 Å². The van der Waals surface area contributed by atoms with E-state index in [1.807, 2.05) is 0 Å². The second-order valence-electron chi connectivity index (χ2n) is 6.47. The SMILES string of the molecule is Cn1c(CC2CCCCC2)nc2c1CCC(C(=O)O)C2. The highest BCUT2D eigenvalue weighted by molar-refractivity contribution is 5.70. The number of carboxylic acids is 1. The first kappa shape index (κ1) is 13.7. The molecular weight excluding hydrogens is 252 g/mol. The summed E-state index contributed by atoms with van der Waals surface area (Å²) in [5.41, 5.74) is 2.31. The van der Waals surface area contributed by atoms with E-state index in [0.717, 1.165) is 30.9 Å². The second-order valence-corrected chi connectivity index (χ2v) is 6.47. The Balaban J connectivity index is 1.75. The molecule has 110 valence electrons. The number of aromatic nitrogens is 2. The molecule has 0 aliphatic heterocycles. The highest BCUT2D eigenvalue weighted by Gasteiger charge is 2.29. The summed E-state index contributed by atoms with van der Waals surface area (Å²) in [5.74, 6) is 1.05. The van der Waals surface area contributed by atoms with Crippen molar-refractivity contribution in [2.45, 2.75) is 57.8 Å². The quantitative estimate of drug-likeness (QED) is 0.923. The molecule has 0 radical (unpaired) electrons. The number of fused-ring (bicyclic) bond motifs is 1. The molecule has 1 saturated carbocycles. The minimum Gasteiger partial charge on any atom is -0.481 e. The fourth-order valence-electron chi connectivity index (χ4n) is 3.81. The molecule has 20 heavy (non-hydrogen) atoms. The van der Waals surface area contributed by atoms with Gasteiger partial charge >= 0.3 is 5.97 Å². The van der Waals surface area contributed by atoms with Crippen LogP contribution in [-0.4, -0.2) is 20.6 Å². The lowest BCUT2D eigenvalue weighted by Gasteiger charge is -2.21. The third-order valence-corrected chi connectivity index (χ3v) is 5.10. The van der Waals surface area contributed by atoms with Crippen LogP contribution in [0.15, 0.2) is 0 Å². The predicted molar refractivity (Wildman–Crippen MR) is 76.6 cm³/mol. The number of hydrogen-bond acceptors (Lipinski definition) is 2. The molecule has 4 heteroatoms. The maximum absolute atomic E-state index is 11.1. The van der Waals surface area contributed by atoms with Crippen molar-refractivity contribution in [2.24, 2.45) is 18.9 Å². The zero-order chi connectivity index (χ0) is 14.1. The van der Waals surface area contributed by atoms with Gasteiger partial charge in [-0.1, -0.05) is 32.1 Å². The van der Waals surface area contributed by atoms with Crippen molar-refractivity contribution < 1.29 is 9.90 Å². The Hall–Kier alpha value is -1.32. The molecule has 1 heterocycles. The van der Waals surface area contributed by atoms with Crippen LogP contribution in [0.25, 0.3) is 0 Å². The summed E-state index contributed by atoms with van der Waals surface area (Å²) < 4.78 is 2.24. The Morgan fingerprint density at radius 2 is 2.05 bits per heavy atom. The molecule has 2 aliphatic carbocycles. The number of imidazole rings is 1. The fourth-order valence-corrected chi connectivity index (χ4v) is 3.81. The molecule has 1 aromatic rings. The van der Waals surface area contributed by atoms with Crippen molar-refractivity contribution in [3.8, 4) is 0 Å². The van der Waals surface area contributed by atoms with Crippen LogP contribution in [0.5, 0.6) is 0 Å². The van der Waals surface area contributed by atoms with Crippen molar-refractivity contribution in [3.63, 3.8) is 0 Å². The van der Waals surface area contributed by atoms with Gasteiger partial charge in [0.05, 0.1) is 11.6 Å². The van der Waals surface area contributed by atoms with Gasteiger partial charge in [0.2, 0.25) is 0 Å². The van der Waals surface area contributed by atoms with E-state index in [4.69, 9.17) is 10.1 Å². The standard InChI is InChI=1S/C16H24N2O2/c1-18-14-8-7-12(16(19)20)10-13(14)17-15(18)9-11-5-3-2-4-6-11/h11-12H,2-10H2,1H3,(H,19,20). The van der Waals surface area contributed by atoms with Crippen molar-refractivity contribution in [1.29, 1.82) is 0 Å². The zero-order valence-electron chi connectivity index (χ0n) is 12.3. The van der Waals surface area contributed by atoms with Crippen LogP contribution in [0.4, 0.5) is 0 Å². The number of carboxylic acid groups (broad SMARTS) is 1. The Labute approximate surface area is 120 Å². The number of carbonyl (C=O) groups is 1. The second kappa shape index (κ2) is 5.58. The molecule has 0 aromatic carbocycles. The Kier molecular flexibility index (Phi) is 3.81. The van der Waals surface area contributed by atoms with E-state index in [1.54, 1.807) is 0 Å². The van der Waals surface area contributed by atoms with E-state index in [2.05, 4.69) is 11.6 Å². The van der Waals surface area contributed by atoms with Gasteiger partial charge in [-0.05, 0) is 18.8 Å². The van der Waals surface area contributed by atoms with Gasteiger partial charge in [-0.25, -0.2) is 4.98 Å². The maximum atomic E-state index is 11.1. The summed E-state index contributed by atoms with van der Waals surface area (Å²) in [4.78, 5) is 15.9. The third kappa shape index (κ3) is 2.60. The first-order valence-corrected chi connectivity index (χ1v) is 7.91. The number of rotatable bonds is 3. The number of nitrogens with zero attached hydrogens (tertiary/aromatic N) is 2. The lowest BCUT2D eigenvalue weighted by Crippen LogP contribution is -2.22. The zero-order valence-corrected chi connectivity index (χ0v) is 12.3. The summed E-state index contributed by atoms with van der Waals surface area (Å²) in [6.45, 7) is 0. The number of hydrogen-bond donors (Lipinski definition) is 1. The van der Waals surface area contributed by atoms with Gasteiger partial charge in [-0.3, -0.25) is 4.79 Å². The molecule has 0 bridgehead atoms.